The Morgan fingerprint density at radius 2 is 2.00 bits per heavy atom. The quantitative estimate of drug-likeness (QED) is 0.645. The molecule has 1 unspecified atom stereocenters. The summed E-state index contributed by atoms with van der Waals surface area (Å²) in [5, 5.41) is 0. The second kappa shape index (κ2) is 3.80. The van der Waals surface area contributed by atoms with Gasteiger partial charge >= 0.3 is 0 Å². The van der Waals surface area contributed by atoms with E-state index in [4.69, 9.17) is 12.6 Å². The SMILES string of the molecule is [B][C@@H]1O[C@@]2(CC(C)C)CC[C@H]1C2C(C)C. The predicted octanol–water partition coefficient (Wildman–Crippen LogP) is 2.98. The molecule has 2 rings (SSSR count). The number of rotatable bonds is 3. The Labute approximate surface area is 95.4 Å². The lowest BCUT2D eigenvalue weighted by atomic mass is 9.73. The molecule has 1 heterocycles. The third-order valence-electron chi connectivity index (χ3n) is 4.23. The third kappa shape index (κ3) is 1.75. The summed E-state index contributed by atoms with van der Waals surface area (Å²) < 4.78 is 6.11. The molecule has 2 aliphatic rings. The van der Waals surface area contributed by atoms with Gasteiger partial charge in [0, 0.05) is 6.00 Å². The molecule has 15 heavy (non-hydrogen) atoms. The third-order valence-corrected chi connectivity index (χ3v) is 4.23. The maximum atomic E-state index is 6.11. The van der Waals surface area contributed by atoms with Crippen LogP contribution in [0.5, 0.6) is 0 Å². The van der Waals surface area contributed by atoms with Crippen molar-refractivity contribution in [1.29, 1.82) is 0 Å². The maximum Gasteiger partial charge on any atom is 0.109 e. The fourth-order valence-electron chi connectivity index (χ4n) is 4.09. The van der Waals surface area contributed by atoms with Gasteiger partial charge in [-0.25, -0.2) is 0 Å². The summed E-state index contributed by atoms with van der Waals surface area (Å²) in [6.07, 6.45) is 3.68. The van der Waals surface area contributed by atoms with Crippen molar-refractivity contribution in [3.63, 3.8) is 0 Å². The first-order valence-electron chi connectivity index (χ1n) is 6.39. The van der Waals surface area contributed by atoms with Gasteiger partial charge in [0.2, 0.25) is 0 Å². The van der Waals surface area contributed by atoms with E-state index in [-0.39, 0.29) is 11.6 Å². The van der Waals surface area contributed by atoms with E-state index in [1.807, 2.05) is 0 Å². The van der Waals surface area contributed by atoms with Crippen LogP contribution in [0.4, 0.5) is 0 Å². The topological polar surface area (TPSA) is 9.23 Å². The monoisotopic (exact) mass is 206 g/mol. The molecule has 1 nitrogen and oxygen atoms in total. The van der Waals surface area contributed by atoms with E-state index in [1.54, 1.807) is 0 Å². The Balaban J connectivity index is 2.21. The van der Waals surface area contributed by atoms with Gasteiger partial charge in [-0.1, -0.05) is 27.7 Å². The van der Waals surface area contributed by atoms with Crippen LogP contribution in [0.15, 0.2) is 0 Å². The van der Waals surface area contributed by atoms with Crippen molar-refractivity contribution in [2.75, 3.05) is 0 Å². The Kier molecular flexibility index (Phi) is 2.91. The molecule has 2 bridgehead atoms. The van der Waals surface area contributed by atoms with Gasteiger partial charge < -0.3 is 4.74 Å². The van der Waals surface area contributed by atoms with E-state index < -0.39 is 0 Å². The molecule has 4 atom stereocenters. The van der Waals surface area contributed by atoms with Crippen molar-refractivity contribution >= 4 is 7.85 Å². The summed E-state index contributed by atoms with van der Waals surface area (Å²) in [5.41, 5.74) is 0.117. The smallest absolute Gasteiger partial charge is 0.109 e. The van der Waals surface area contributed by atoms with Gasteiger partial charge in [-0.2, -0.15) is 0 Å². The Bertz CT molecular complexity index is 239. The highest BCUT2D eigenvalue weighted by molar-refractivity contribution is 6.11. The lowest BCUT2D eigenvalue weighted by molar-refractivity contribution is -0.0669. The predicted molar refractivity (Wildman–Crippen MR) is 63.9 cm³/mol. The first-order chi connectivity index (χ1) is 6.96. The molecule has 2 fully saturated rings. The molecule has 0 aromatic heterocycles. The van der Waals surface area contributed by atoms with Crippen LogP contribution in [0.25, 0.3) is 0 Å². The zero-order chi connectivity index (χ0) is 11.2. The molecular formula is C13H23BO. The Hall–Kier alpha value is 0.0249. The minimum absolute atomic E-state index is 0.00454. The molecule has 84 valence electrons. The Morgan fingerprint density at radius 1 is 1.33 bits per heavy atom. The zero-order valence-electron chi connectivity index (χ0n) is 10.5. The number of ether oxygens (including phenoxy) is 1. The van der Waals surface area contributed by atoms with Crippen LogP contribution in [0.2, 0.25) is 0 Å². The highest BCUT2D eigenvalue weighted by atomic mass is 16.5. The highest BCUT2D eigenvalue weighted by Gasteiger charge is 2.58. The summed E-state index contributed by atoms with van der Waals surface area (Å²) in [6, 6.07) is 0.00454. The molecule has 0 spiro atoms. The van der Waals surface area contributed by atoms with E-state index in [0.717, 1.165) is 0 Å². The van der Waals surface area contributed by atoms with Crippen molar-refractivity contribution in [2.24, 2.45) is 23.7 Å². The number of hydrogen-bond acceptors (Lipinski definition) is 1. The van der Waals surface area contributed by atoms with Gasteiger partial charge in [0.25, 0.3) is 0 Å². The van der Waals surface area contributed by atoms with Gasteiger partial charge in [-0.15, -0.1) is 0 Å². The molecule has 0 amide bonds. The van der Waals surface area contributed by atoms with Crippen molar-refractivity contribution in [3.05, 3.63) is 0 Å². The van der Waals surface area contributed by atoms with E-state index in [9.17, 15) is 0 Å². The summed E-state index contributed by atoms with van der Waals surface area (Å²) in [6.45, 7) is 9.21. The first kappa shape index (κ1) is 11.5. The molecule has 1 aliphatic carbocycles. The van der Waals surface area contributed by atoms with Crippen molar-refractivity contribution in [3.8, 4) is 0 Å². The van der Waals surface area contributed by atoms with E-state index >= 15 is 0 Å². The van der Waals surface area contributed by atoms with Crippen LogP contribution in [-0.2, 0) is 4.74 Å². The lowest BCUT2D eigenvalue weighted by Crippen LogP contribution is -2.37. The van der Waals surface area contributed by atoms with Gasteiger partial charge in [0.1, 0.15) is 7.85 Å². The normalized spacial score (nSPS) is 44.5. The average Bonchev–Trinajstić information content (AvgIpc) is 2.53. The molecule has 2 heteroatoms. The molecular weight excluding hydrogens is 183 g/mol. The maximum absolute atomic E-state index is 6.11. The summed E-state index contributed by atoms with van der Waals surface area (Å²) in [5.74, 6) is 2.71. The average molecular weight is 206 g/mol. The van der Waals surface area contributed by atoms with Gasteiger partial charge in [0.05, 0.1) is 5.60 Å². The molecule has 2 radical (unpaired) electrons. The van der Waals surface area contributed by atoms with Crippen LogP contribution in [0, 0.1) is 23.7 Å². The van der Waals surface area contributed by atoms with Crippen LogP contribution < -0.4 is 0 Å². The molecule has 1 saturated heterocycles. The summed E-state index contributed by atoms with van der Waals surface area (Å²) in [4.78, 5) is 0. The van der Waals surface area contributed by atoms with E-state index in [0.29, 0.717) is 23.7 Å². The largest absolute Gasteiger partial charge is 0.381 e. The van der Waals surface area contributed by atoms with Crippen molar-refractivity contribution in [2.45, 2.75) is 58.6 Å². The fraction of sp³-hybridized carbons (Fsp3) is 1.00. The van der Waals surface area contributed by atoms with Gasteiger partial charge in [0.15, 0.2) is 0 Å². The molecule has 0 aromatic rings. The van der Waals surface area contributed by atoms with Crippen molar-refractivity contribution in [1.82, 2.24) is 0 Å². The summed E-state index contributed by atoms with van der Waals surface area (Å²) >= 11 is 0. The number of fused-ring (bicyclic) bond motifs is 2. The minimum Gasteiger partial charge on any atom is -0.381 e. The van der Waals surface area contributed by atoms with E-state index in [2.05, 4.69) is 27.7 Å². The van der Waals surface area contributed by atoms with Gasteiger partial charge in [-0.05, 0) is 42.9 Å². The molecule has 1 aliphatic heterocycles. The van der Waals surface area contributed by atoms with E-state index in [1.165, 1.54) is 19.3 Å². The van der Waals surface area contributed by atoms with Crippen LogP contribution in [-0.4, -0.2) is 19.5 Å². The second-order valence-corrected chi connectivity index (χ2v) is 6.22. The molecule has 1 saturated carbocycles. The molecule has 0 aromatic carbocycles. The number of hydrogen-bond donors (Lipinski definition) is 0. The summed E-state index contributed by atoms with van der Waals surface area (Å²) in [7, 11) is 6.09. The second-order valence-electron chi connectivity index (χ2n) is 6.22. The zero-order valence-corrected chi connectivity index (χ0v) is 10.5. The first-order valence-corrected chi connectivity index (χ1v) is 6.39. The van der Waals surface area contributed by atoms with Crippen LogP contribution in [0.3, 0.4) is 0 Å². The fourth-order valence-corrected chi connectivity index (χ4v) is 4.09. The Morgan fingerprint density at radius 3 is 2.47 bits per heavy atom. The van der Waals surface area contributed by atoms with Crippen LogP contribution in [0.1, 0.15) is 47.0 Å². The lowest BCUT2D eigenvalue weighted by Gasteiger charge is -2.35. The van der Waals surface area contributed by atoms with Gasteiger partial charge in [-0.3, -0.25) is 0 Å². The molecule has 0 N–H and O–H groups in total. The minimum atomic E-state index is 0.00454. The standard InChI is InChI=1S/C13H23BO/c1-8(2)7-13-6-5-10(12(14)15-13)11(13)9(3)4/h8-12H,5-7H2,1-4H3/t10-,11?,12+,13+/m0/s1. The van der Waals surface area contributed by atoms with Crippen LogP contribution >= 0.6 is 0 Å². The van der Waals surface area contributed by atoms with Crippen molar-refractivity contribution < 1.29 is 4.74 Å². The highest BCUT2D eigenvalue weighted by Crippen LogP contribution is 2.57.